The van der Waals surface area contributed by atoms with Crippen molar-refractivity contribution in [3.05, 3.63) is 42.0 Å². The Morgan fingerprint density at radius 2 is 1.64 bits per heavy atom. The van der Waals surface area contributed by atoms with Crippen LogP contribution in [-0.4, -0.2) is 46.2 Å². The van der Waals surface area contributed by atoms with Gasteiger partial charge in [-0.2, -0.15) is 0 Å². The largest absolute Gasteiger partial charge is 0.493 e. The molecule has 0 bridgehead atoms. The Morgan fingerprint density at radius 1 is 0.929 bits per heavy atom. The van der Waals surface area contributed by atoms with Gasteiger partial charge in [-0.15, -0.1) is 0 Å². The molecule has 0 fully saturated rings. The van der Waals surface area contributed by atoms with E-state index in [2.05, 4.69) is 0 Å². The van der Waals surface area contributed by atoms with E-state index < -0.39 is 0 Å². The van der Waals surface area contributed by atoms with Gasteiger partial charge < -0.3 is 23.8 Å². The first kappa shape index (κ1) is 19.5. The average Bonchev–Trinajstić information content (AvgIpc) is 2.75. The van der Waals surface area contributed by atoms with Crippen LogP contribution in [0.25, 0.3) is 0 Å². The highest BCUT2D eigenvalue weighted by Gasteiger charge is 2.18. The smallest absolute Gasteiger partial charge is 0.227 e. The van der Waals surface area contributed by atoms with Crippen LogP contribution in [0.15, 0.2) is 36.4 Å². The number of fused-ring (bicyclic) bond motifs is 1. The minimum atomic E-state index is -0.168. The first-order valence-electron chi connectivity index (χ1n) is 8.95. The molecule has 7 nitrogen and oxygen atoms in total. The van der Waals surface area contributed by atoms with Crippen LogP contribution in [0.5, 0.6) is 23.0 Å². The van der Waals surface area contributed by atoms with Gasteiger partial charge in [-0.1, -0.05) is 0 Å². The minimum absolute atomic E-state index is 0.0954. The normalized spacial score (nSPS) is 12.2. The lowest BCUT2D eigenvalue weighted by Gasteiger charge is -2.19. The van der Waals surface area contributed by atoms with Gasteiger partial charge in [0.1, 0.15) is 13.2 Å². The number of methoxy groups -OCH3 is 2. The second-order valence-electron chi connectivity index (χ2n) is 6.27. The zero-order valence-electron chi connectivity index (χ0n) is 16.2. The van der Waals surface area contributed by atoms with E-state index in [0.29, 0.717) is 47.5 Å². The van der Waals surface area contributed by atoms with E-state index in [1.807, 2.05) is 0 Å². The van der Waals surface area contributed by atoms with Crippen molar-refractivity contribution in [1.82, 2.24) is 0 Å². The number of ether oxygens (including phenoxy) is 4. The second kappa shape index (κ2) is 8.65. The Morgan fingerprint density at radius 3 is 2.36 bits per heavy atom. The first-order valence-corrected chi connectivity index (χ1v) is 8.95. The summed E-state index contributed by atoms with van der Waals surface area (Å²) in [7, 11) is 4.75. The molecule has 2 aromatic carbocycles. The molecule has 1 heterocycles. The molecule has 0 aromatic heterocycles. The van der Waals surface area contributed by atoms with Gasteiger partial charge in [-0.3, -0.25) is 9.59 Å². The fourth-order valence-electron chi connectivity index (χ4n) is 2.93. The van der Waals surface area contributed by atoms with Crippen LogP contribution in [0.2, 0.25) is 0 Å². The lowest BCUT2D eigenvalue weighted by molar-refractivity contribution is -0.118. The summed E-state index contributed by atoms with van der Waals surface area (Å²) in [6, 6.07) is 10.3. The molecule has 28 heavy (non-hydrogen) atoms. The third kappa shape index (κ3) is 4.19. The molecule has 7 heteroatoms. The fraction of sp³-hybridized carbons (Fsp3) is 0.333. The number of rotatable bonds is 7. The van der Waals surface area contributed by atoms with E-state index in [1.165, 1.54) is 12.0 Å². The molecule has 0 atom stereocenters. The zero-order valence-corrected chi connectivity index (χ0v) is 16.2. The molecular weight excluding hydrogens is 362 g/mol. The van der Waals surface area contributed by atoms with Crippen LogP contribution in [0.3, 0.4) is 0 Å². The third-order valence-electron chi connectivity index (χ3n) is 4.56. The summed E-state index contributed by atoms with van der Waals surface area (Å²) in [4.78, 5) is 26.5. The number of hydrogen-bond acceptors (Lipinski definition) is 6. The maximum Gasteiger partial charge on any atom is 0.227 e. The highest BCUT2D eigenvalue weighted by molar-refractivity contribution is 6.01. The van der Waals surface area contributed by atoms with Crippen molar-refractivity contribution in [3.63, 3.8) is 0 Å². The van der Waals surface area contributed by atoms with Gasteiger partial charge in [0.05, 0.1) is 14.2 Å². The summed E-state index contributed by atoms with van der Waals surface area (Å²) in [5.74, 6) is 2.02. The van der Waals surface area contributed by atoms with E-state index in [0.717, 1.165) is 0 Å². The number of hydrogen-bond donors (Lipinski definition) is 0. The topological polar surface area (TPSA) is 74.3 Å². The Balaban J connectivity index is 1.62. The summed E-state index contributed by atoms with van der Waals surface area (Å²) in [6.07, 6.45) is 0.203. The van der Waals surface area contributed by atoms with E-state index in [1.54, 1.807) is 50.6 Å². The molecule has 0 spiro atoms. The minimum Gasteiger partial charge on any atom is -0.493 e. The molecule has 3 rings (SSSR count). The molecule has 0 saturated heterocycles. The molecule has 1 aliphatic rings. The van der Waals surface area contributed by atoms with Crippen LogP contribution in [-0.2, 0) is 4.79 Å². The van der Waals surface area contributed by atoms with Gasteiger partial charge in [0.25, 0.3) is 0 Å². The van der Waals surface area contributed by atoms with E-state index >= 15 is 0 Å². The summed E-state index contributed by atoms with van der Waals surface area (Å²) in [6.45, 7) is 0.955. The highest BCUT2D eigenvalue weighted by atomic mass is 16.6. The lowest BCUT2D eigenvalue weighted by Crippen LogP contribution is -2.26. The SMILES string of the molecule is COc1ccc(N(C)C(=O)CCC(=O)c2ccc3c(c2)OCCO3)cc1OC. The monoisotopic (exact) mass is 385 g/mol. The van der Waals surface area contributed by atoms with E-state index in [-0.39, 0.29) is 24.5 Å². The van der Waals surface area contributed by atoms with Gasteiger partial charge in [-0.25, -0.2) is 0 Å². The van der Waals surface area contributed by atoms with Gasteiger partial charge in [0.15, 0.2) is 28.8 Å². The first-order chi connectivity index (χ1) is 13.5. The van der Waals surface area contributed by atoms with Crippen LogP contribution in [0.4, 0.5) is 5.69 Å². The van der Waals surface area contributed by atoms with E-state index in [4.69, 9.17) is 18.9 Å². The third-order valence-corrected chi connectivity index (χ3v) is 4.56. The van der Waals surface area contributed by atoms with Gasteiger partial charge >= 0.3 is 0 Å². The lowest BCUT2D eigenvalue weighted by atomic mass is 10.1. The molecule has 0 aliphatic carbocycles. The maximum absolute atomic E-state index is 12.5. The van der Waals surface area contributed by atoms with Crippen molar-refractivity contribution in [1.29, 1.82) is 0 Å². The molecular formula is C21H23NO6. The number of amides is 1. The Hall–Kier alpha value is -3.22. The van der Waals surface area contributed by atoms with Crippen molar-refractivity contribution in [3.8, 4) is 23.0 Å². The standard InChI is InChI=1S/C21H23NO6/c1-22(15-5-8-17(25-2)19(13-15)26-3)21(24)9-6-16(23)14-4-7-18-20(12-14)28-11-10-27-18/h4-5,7-8,12-13H,6,9-11H2,1-3H3. The van der Waals surface area contributed by atoms with Crippen molar-refractivity contribution in [2.24, 2.45) is 0 Å². The molecule has 0 saturated carbocycles. The van der Waals surface area contributed by atoms with Gasteiger partial charge in [-0.05, 0) is 30.3 Å². The van der Waals surface area contributed by atoms with E-state index in [9.17, 15) is 9.59 Å². The fourth-order valence-corrected chi connectivity index (χ4v) is 2.93. The quantitative estimate of drug-likeness (QED) is 0.682. The van der Waals surface area contributed by atoms with Gasteiger partial charge in [0, 0.05) is 37.2 Å². The Kier molecular flexibility index (Phi) is 6.03. The summed E-state index contributed by atoms with van der Waals surface area (Å²) in [5.41, 5.74) is 1.17. The van der Waals surface area contributed by atoms with Crippen molar-refractivity contribution in [2.75, 3.05) is 39.4 Å². The highest BCUT2D eigenvalue weighted by Crippen LogP contribution is 2.32. The number of benzene rings is 2. The average molecular weight is 385 g/mol. The van der Waals surface area contributed by atoms with Crippen LogP contribution in [0.1, 0.15) is 23.2 Å². The molecule has 2 aromatic rings. The number of carbonyl (C=O) groups is 2. The summed E-state index contributed by atoms with van der Waals surface area (Å²) in [5, 5.41) is 0. The molecule has 0 radical (unpaired) electrons. The maximum atomic E-state index is 12.5. The van der Waals surface area contributed by atoms with Crippen LogP contribution >= 0.6 is 0 Å². The number of anilines is 1. The van der Waals surface area contributed by atoms with Crippen LogP contribution < -0.4 is 23.8 Å². The number of ketones is 1. The second-order valence-corrected chi connectivity index (χ2v) is 6.27. The van der Waals surface area contributed by atoms with Crippen molar-refractivity contribution >= 4 is 17.4 Å². The van der Waals surface area contributed by atoms with Crippen LogP contribution in [0, 0.1) is 0 Å². The number of Topliss-reactive ketones (excluding diaryl/α,β-unsaturated/α-hetero) is 1. The van der Waals surface area contributed by atoms with Crippen molar-refractivity contribution < 1.29 is 28.5 Å². The van der Waals surface area contributed by atoms with Crippen molar-refractivity contribution in [2.45, 2.75) is 12.8 Å². The molecule has 0 N–H and O–H groups in total. The number of carbonyl (C=O) groups excluding carboxylic acids is 2. The summed E-state index contributed by atoms with van der Waals surface area (Å²) >= 11 is 0. The van der Waals surface area contributed by atoms with Gasteiger partial charge in [0.2, 0.25) is 5.91 Å². The zero-order chi connectivity index (χ0) is 20.1. The number of nitrogens with zero attached hydrogens (tertiary/aromatic N) is 1. The predicted molar refractivity (Wildman–Crippen MR) is 104 cm³/mol. The Labute approximate surface area is 163 Å². The molecule has 1 amide bonds. The molecule has 0 unspecified atom stereocenters. The molecule has 1 aliphatic heterocycles. The predicted octanol–water partition coefficient (Wildman–Crippen LogP) is 3.10. The molecule has 148 valence electrons. The Bertz CT molecular complexity index is 879. The summed E-state index contributed by atoms with van der Waals surface area (Å²) < 4.78 is 21.4.